The van der Waals surface area contributed by atoms with Crippen molar-refractivity contribution >= 4 is 42.1 Å². The summed E-state index contributed by atoms with van der Waals surface area (Å²) >= 11 is 0. The highest BCUT2D eigenvalue weighted by Crippen LogP contribution is 2.61. The Hall–Kier alpha value is -4.32. The number of carbonyl (C=O) groups is 2. The van der Waals surface area contributed by atoms with E-state index in [0.717, 1.165) is 34.1 Å². The van der Waals surface area contributed by atoms with Crippen molar-refractivity contribution in [1.82, 2.24) is 15.0 Å². The average molecular weight is 652 g/mol. The van der Waals surface area contributed by atoms with Gasteiger partial charge in [-0.15, -0.1) is 5.10 Å². The molecule has 4 heterocycles. The van der Waals surface area contributed by atoms with Crippen LogP contribution in [0.2, 0.25) is 18.6 Å². The number of para-hydroxylation sites is 1. The summed E-state index contributed by atoms with van der Waals surface area (Å²) in [7, 11) is -0.665. The van der Waals surface area contributed by atoms with E-state index in [0.29, 0.717) is 32.4 Å². The van der Waals surface area contributed by atoms with Gasteiger partial charge in [0.2, 0.25) is 5.91 Å². The molecule has 2 saturated heterocycles. The van der Waals surface area contributed by atoms with E-state index in [1.807, 2.05) is 66.9 Å². The summed E-state index contributed by atoms with van der Waals surface area (Å²) in [6, 6.07) is 24.0. The fourth-order valence-electron chi connectivity index (χ4n) is 8.02. The van der Waals surface area contributed by atoms with Crippen LogP contribution in [0, 0.1) is 5.92 Å². The number of anilines is 3. The molecular formula is C36H41N5O5Si. The summed E-state index contributed by atoms with van der Waals surface area (Å²) in [4.78, 5) is 31.2. The maximum absolute atomic E-state index is 15.1. The Kier molecular flexibility index (Phi) is 8.02. The third-order valence-electron chi connectivity index (χ3n) is 10.5. The van der Waals surface area contributed by atoms with E-state index in [1.54, 1.807) is 21.6 Å². The Labute approximate surface area is 275 Å². The van der Waals surface area contributed by atoms with Gasteiger partial charge in [-0.3, -0.25) is 19.2 Å². The number of aromatic nitrogens is 3. The van der Waals surface area contributed by atoms with Crippen LogP contribution in [0.5, 0.6) is 5.75 Å². The summed E-state index contributed by atoms with van der Waals surface area (Å²) < 4.78 is 14.6. The van der Waals surface area contributed by atoms with Gasteiger partial charge in [0.25, 0.3) is 5.91 Å². The second kappa shape index (κ2) is 12.0. The normalized spacial score (nSPS) is 23.8. The first kappa shape index (κ1) is 31.3. The van der Waals surface area contributed by atoms with Gasteiger partial charge >= 0.3 is 0 Å². The van der Waals surface area contributed by atoms with Gasteiger partial charge in [-0.25, -0.2) is 0 Å². The van der Waals surface area contributed by atoms with Crippen molar-refractivity contribution < 1.29 is 24.2 Å². The van der Waals surface area contributed by atoms with Crippen molar-refractivity contribution in [1.29, 1.82) is 0 Å². The van der Waals surface area contributed by atoms with E-state index < -0.39 is 13.7 Å². The first-order chi connectivity index (χ1) is 22.7. The lowest BCUT2D eigenvalue weighted by atomic mass is 9.82. The number of carbonyl (C=O) groups excluding carboxylic acids is 2. The van der Waals surface area contributed by atoms with E-state index in [2.05, 4.69) is 42.5 Å². The van der Waals surface area contributed by atoms with Gasteiger partial charge in [0.15, 0.2) is 5.60 Å². The van der Waals surface area contributed by atoms with Gasteiger partial charge in [0, 0.05) is 61.6 Å². The van der Waals surface area contributed by atoms with Crippen LogP contribution in [-0.4, -0.2) is 66.4 Å². The molecule has 47 heavy (non-hydrogen) atoms. The highest BCUT2D eigenvalue weighted by Gasteiger charge is 2.66. The van der Waals surface area contributed by atoms with Crippen molar-refractivity contribution in [3.05, 3.63) is 90.3 Å². The number of fused-ring (bicyclic) bond motifs is 2. The fraction of sp³-hybridized carbons (Fsp3) is 0.389. The third kappa shape index (κ3) is 5.08. The van der Waals surface area contributed by atoms with Gasteiger partial charge in [-0.2, -0.15) is 0 Å². The quantitative estimate of drug-likeness (QED) is 0.198. The summed E-state index contributed by atoms with van der Waals surface area (Å²) in [5.41, 5.74) is 2.73. The summed E-state index contributed by atoms with van der Waals surface area (Å²) in [6.45, 7) is 8.14. The first-order valence-electron chi connectivity index (χ1n) is 16.4. The molecule has 2 fully saturated rings. The minimum absolute atomic E-state index is 0.0125. The Balaban J connectivity index is 1.34. The number of benzene rings is 3. The number of aryl methyl sites for hydroxylation is 1. The summed E-state index contributed by atoms with van der Waals surface area (Å²) in [5.74, 6) is 0.607. The van der Waals surface area contributed by atoms with Gasteiger partial charge in [-0.1, -0.05) is 60.7 Å². The second-order valence-electron chi connectivity index (χ2n) is 13.4. The van der Waals surface area contributed by atoms with E-state index in [4.69, 9.17) is 9.47 Å². The molecule has 7 rings (SSSR count). The van der Waals surface area contributed by atoms with Crippen LogP contribution in [0.3, 0.4) is 0 Å². The van der Waals surface area contributed by atoms with Gasteiger partial charge in [0.1, 0.15) is 5.75 Å². The standard InChI is InChI=1S/C36H41N5O5Si/c1-24-34(47(3,4)29-13-11-28(45-2)12-14-29)32(16-19-39-23-25(18-21-42)37-38-39)46-36(24)30-22-27(40-20-17-33(40)43)10-15-31(30)41(35(36)44)26-8-6-5-7-9-26/h5-15,22-24,32,34,42H,16-21H2,1-4H3/t24-,32+,34-,36+/m0/s1. The van der Waals surface area contributed by atoms with Crippen LogP contribution in [-0.2, 0) is 32.9 Å². The van der Waals surface area contributed by atoms with Crippen molar-refractivity contribution in [2.24, 2.45) is 5.92 Å². The fourth-order valence-corrected chi connectivity index (χ4v) is 12.1. The van der Waals surface area contributed by atoms with Gasteiger partial charge < -0.3 is 19.5 Å². The maximum atomic E-state index is 15.1. The minimum Gasteiger partial charge on any atom is -0.497 e. The lowest BCUT2D eigenvalue weighted by Crippen LogP contribution is -2.51. The number of amides is 2. The van der Waals surface area contributed by atoms with Crippen LogP contribution < -0.4 is 19.7 Å². The maximum Gasteiger partial charge on any atom is 0.268 e. The molecule has 244 valence electrons. The minimum atomic E-state index is -2.34. The number of hydrogen-bond acceptors (Lipinski definition) is 7. The average Bonchev–Trinajstić information content (AvgIpc) is 3.72. The molecule has 0 unspecified atom stereocenters. The summed E-state index contributed by atoms with van der Waals surface area (Å²) in [6.07, 6.45) is 3.21. The predicted octanol–water partition coefficient (Wildman–Crippen LogP) is 4.54. The molecular weight excluding hydrogens is 611 g/mol. The van der Waals surface area contributed by atoms with Gasteiger partial charge in [-0.05, 0) is 54.4 Å². The van der Waals surface area contributed by atoms with Crippen LogP contribution in [0.25, 0.3) is 0 Å². The van der Waals surface area contributed by atoms with Crippen LogP contribution >= 0.6 is 0 Å². The molecule has 1 spiro atoms. The SMILES string of the molecule is COc1ccc([Si](C)(C)[C@@H]2[C@@H](CCn3cc(CCO)nn3)O[C@]3(C(=O)N(c4ccccc4)c4ccc(N5CCC5=O)cc43)[C@H]2C)cc1. The molecule has 10 nitrogen and oxygen atoms in total. The number of aliphatic hydroxyl groups is 1. The zero-order valence-electron chi connectivity index (χ0n) is 27.3. The predicted molar refractivity (Wildman–Crippen MR) is 182 cm³/mol. The number of rotatable bonds is 10. The number of ether oxygens (including phenoxy) is 2. The molecule has 3 aromatic carbocycles. The molecule has 0 aliphatic carbocycles. The third-order valence-corrected chi connectivity index (χ3v) is 14.9. The number of aliphatic hydroxyl groups excluding tert-OH is 1. The van der Waals surface area contributed by atoms with Crippen LogP contribution in [0.1, 0.15) is 31.0 Å². The number of β-lactam (4-membered cyclic amide) rings is 1. The number of hydrogen-bond donors (Lipinski definition) is 1. The molecule has 1 N–H and O–H groups in total. The number of nitrogens with zero attached hydrogens (tertiary/aromatic N) is 5. The molecule has 1 aromatic heterocycles. The number of methoxy groups -OCH3 is 1. The molecule has 0 saturated carbocycles. The van der Waals surface area contributed by atoms with Crippen LogP contribution in [0.15, 0.2) is 79.0 Å². The van der Waals surface area contributed by atoms with E-state index in [1.165, 1.54) is 5.19 Å². The van der Waals surface area contributed by atoms with Crippen molar-refractivity contribution in [3.8, 4) is 5.75 Å². The van der Waals surface area contributed by atoms with Gasteiger partial charge in [0.05, 0.1) is 32.7 Å². The van der Waals surface area contributed by atoms with Crippen molar-refractivity contribution in [2.75, 3.05) is 30.1 Å². The van der Waals surface area contributed by atoms with Crippen molar-refractivity contribution in [3.63, 3.8) is 0 Å². The molecule has 2 amide bonds. The monoisotopic (exact) mass is 651 g/mol. The lowest BCUT2D eigenvalue weighted by molar-refractivity contribution is -0.145. The zero-order chi connectivity index (χ0) is 32.9. The topological polar surface area (TPSA) is 110 Å². The Bertz CT molecular complexity index is 1790. The smallest absolute Gasteiger partial charge is 0.268 e. The Morgan fingerprint density at radius 1 is 1.04 bits per heavy atom. The highest BCUT2D eigenvalue weighted by molar-refractivity contribution is 6.91. The molecule has 4 atom stereocenters. The lowest BCUT2D eigenvalue weighted by Gasteiger charge is -2.37. The zero-order valence-corrected chi connectivity index (χ0v) is 28.3. The van der Waals surface area contributed by atoms with E-state index >= 15 is 4.79 Å². The molecule has 0 radical (unpaired) electrons. The molecule has 0 bridgehead atoms. The first-order valence-corrected chi connectivity index (χ1v) is 19.4. The van der Waals surface area contributed by atoms with E-state index in [9.17, 15) is 9.90 Å². The molecule has 3 aliphatic rings. The van der Waals surface area contributed by atoms with Crippen molar-refractivity contribution in [2.45, 2.75) is 63.1 Å². The highest BCUT2D eigenvalue weighted by atomic mass is 28.3. The summed E-state index contributed by atoms with van der Waals surface area (Å²) in [5, 5.41) is 19.2. The Morgan fingerprint density at radius 3 is 2.47 bits per heavy atom. The van der Waals surface area contributed by atoms with E-state index in [-0.39, 0.29) is 36.0 Å². The molecule has 4 aromatic rings. The largest absolute Gasteiger partial charge is 0.497 e. The second-order valence-corrected chi connectivity index (χ2v) is 18.1. The Morgan fingerprint density at radius 2 is 1.81 bits per heavy atom. The molecule has 11 heteroatoms. The van der Waals surface area contributed by atoms with Crippen LogP contribution in [0.4, 0.5) is 17.1 Å². The molecule has 3 aliphatic heterocycles.